The first-order valence-corrected chi connectivity index (χ1v) is 2.81. The quantitative estimate of drug-likeness (QED) is 0.416. The summed E-state index contributed by atoms with van der Waals surface area (Å²) in [5, 5.41) is 0. The van der Waals surface area contributed by atoms with Crippen molar-refractivity contribution in [3.05, 3.63) is 37.1 Å². The topological polar surface area (TPSA) is 0 Å². The number of hydrogen-bond donors (Lipinski definition) is 0. The maximum Gasteiger partial charge on any atom is -0.110 e. The largest absolute Gasteiger partial charge is 0.243 e. The molecule has 0 radical (unpaired) electrons. The van der Waals surface area contributed by atoms with E-state index in [9.17, 15) is 0 Å². The lowest BCUT2D eigenvalue weighted by Gasteiger charge is -2.28. The molecule has 1 fully saturated rings. The molecule has 0 heteroatoms. The Morgan fingerprint density at radius 2 is 1.38 bits per heavy atom. The van der Waals surface area contributed by atoms with E-state index in [1.165, 1.54) is 11.1 Å². The first-order chi connectivity index (χ1) is 3.79. The van der Waals surface area contributed by atoms with Gasteiger partial charge in [-0.05, 0) is 0 Å². The zero-order chi connectivity index (χ0) is 5.98. The molecule has 0 aromatic carbocycles. The Kier molecular flexibility index (Phi) is 1.34. The van der Waals surface area contributed by atoms with Crippen LogP contribution in [0.1, 0.15) is 12.8 Å². The molecule has 0 amide bonds. The summed E-state index contributed by atoms with van der Waals surface area (Å²) in [5.74, 6) is 0. The van der Waals surface area contributed by atoms with Gasteiger partial charge < -0.3 is 0 Å². The summed E-state index contributed by atoms with van der Waals surface area (Å²) >= 11 is 0. The molecule has 0 N–H and O–H groups in total. The average Bonchev–Trinajstić information content (AvgIpc) is 1.77. The summed E-state index contributed by atoms with van der Waals surface area (Å²) in [6, 6.07) is 0. The Bertz CT molecular complexity index is 92.0. The average molecular weight is 106 g/mol. The lowest BCUT2D eigenvalue weighted by atomic mass is 9.93. The van der Waals surface area contributed by atoms with Gasteiger partial charge in [0.1, 0.15) is 0 Å². The van der Waals surface area contributed by atoms with Gasteiger partial charge in [-0.1, -0.05) is 0 Å². The third-order valence-corrected chi connectivity index (χ3v) is 1.31. The van der Waals surface area contributed by atoms with Gasteiger partial charge in [-0.2, -0.15) is 0 Å². The molecule has 1 aliphatic carbocycles. The highest BCUT2D eigenvalue weighted by Crippen LogP contribution is 2.22. The van der Waals surface area contributed by atoms with Crippen molar-refractivity contribution < 1.29 is 0 Å². The number of rotatable bonds is 0. The van der Waals surface area contributed by atoms with Crippen LogP contribution in [0.3, 0.4) is 0 Å². The fourth-order valence-electron chi connectivity index (χ4n) is 0.718. The molecule has 0 aromatic rings. The molecule has 0 bridgehead atoms. The zero-order valence-corrected chi connectivity index (χ0v) is 4.98. The smallest absolute Gasteiger partial charge is 0.110 e. The van der Waals surface area contributed by atoms with E-state index in [1.54, 1.807) is 0 Å². The predicted octanol–water partition coefficient (Wildman–Crippen LogP) is 2.30. The van der Waals surface area contributed by atoms with Crippen LogP contribution in [0.15, 0.2) is 24.3 Å². The highest BCUT2D eigenvalue weighted by molar-refractivity contribution is 5.27. The van der Waals surface area contributed by atoms with E-state index in [1.807, 2.05) is 0 Å². The van der Waals surface area contributed by atoms with Gasteiger partial charge in [-0.3, -0.25) is 0 Å². The molecule has 8 heavy (non-hydrogen) atoms. The van der Waals surface area contributed by atoms with E-state index in [0.717, 1.165) is 12.8 Å². The molecule has 1 rings (SSSR count). The van der Waals surface area contributed by atoms with E-state index < -0.39 is 0 Å². The summed E-state index contributed by atoms with van der Waals surface area (Å²) in [6.45, 7) is 7.64. The SMILES string of the molecule is C=C1[CH-]CC(=C)[CH-]C1. The van der Waals surface area contributed by atoms with Crippen LogP contribution in [0.5, 0.6) is 0 Å². The second kappa shape index (κ2) is 1.99. The minimum atomic E-state index is 0.999. The van der Waals surface area contributed by atoms with Crippen molar-refractivity contribution in [3.63, 3.8) is 0 Å². The first-order valence-electron chi connectivity index (χ1n) is 2.81. The van der Waals surface area contributed by atoms with Gasteiger partial charge in [-0.15, -0.1) is 12.8 Å². The van der Waals surface area contributed by atoms with Crippen LogP contribution in [0.4, 0.5) is 0 Å². The molecule has 0 atom stereocenters. The van der Waals surface area contributed by atoms with Crippen LogP contribution < -0.4 is 0 Å². The zero-order valence-electron chi connectivity index (χ0n) is 4.98. The van der Waals surface area contributed by atoms with Crippen molar-refractivity contribution in [1.29, 1.82) is 0 Å². The lowest BCUT2D eigenvalue weighted by molar-refractivity contribution is 0.974. The fraction of sp³-hybridized carbons (Fsp3) is 0.250. The maximum absolute atomic E-state index is 3.82. The van der Waals surface area contributed by atoms with Crippen LogP contribution >= 0.6 is 0 Å². The van der Waals surface area contributed by atoms with Crippen molar-refractivity contribution in [1.82, 2.24) is 0 Å². The van der Waals surface area contributed by atoms with Crippen molar-refractivity contribution in [2.24, 2.45) is 0 Å². The van der Waals surface area contributed by atoms with Crippen LogP contribution in [0.2, 0.25) is 0 Å². The highest BCUT2D eigenvalue weighted by Gasteiger charge is 1.90. The second-order valence-electron chi connectivity index (χ2n) is 2.13. The molecule has 0 aromatic heterocycles. The molecular formula is C8H10-2. The molecule has 0 saturated heterocycles. The van der Waals surface area contributed by atoms with Gasteiger partial charge in [0.25, 0.3) is 0 Å². The van der Waals surface area contributed by atoms with Crippen molar-refractivity contribution >= 4 is 0 Å². The monoisotopic (exact) mass is 106 g/mol. The third-order valence-electron chi connectivity index (χ3n) is 1.31. The summed E-state index contributed by atoms with van der Waals surface area (Å²) in [4.78, 5) is 0. The lowest BCUT2D eigenvalue weighted by Crippen LogP contribution is -1.95. The molecule has 0 aliphatic heterocycles. The summed E-state index contributed by atoms with van der Waals surface area (Å²) < 4.78 is 0. The Hall–Kier alpha value is -0.780. The number of allylic oxidation sites excluding steroid dienone is 2. The molecular weight excluding hydrogens is 96.1 g/mol. The Labute approximate surface area is 50.9 Å². The van der Waals surface area contributed by atoms with Crippen molar-refractivity contribution in [2.75, 3.05) is 0 Å². The minimum absolute atomic E-state index is 0.999. The van der Waals surface area contributed by atoms with Gasteiger partial charge in [0.05, 0.1) is 0 Å². The van der Waals surface area contributed by atoms with Crippen LogP contribution in [0, 0.1) is 12.8 Å². The van der Waals surface area contributed by atoms with Crippen molar-refractivity contribution in [3.8, 4) is 0 Å². The predicted molar refractivity (Wildman–Crippen MR) is 36.1 cm³/mol. The summed E-state index contributed by atoms with van der Waals surface area (Å²) in [5.41, 5.74) is 2.44. The van der Waals surface area contributed by atoms with E-state index in [4.69, 9.17) is 0 Å². The van der Waals surface area contributed by atoms with E-state index in [2.05, 4.69) is 26.0 Å². The van der Waals surface area contributed by atoms with Crippen LogP contribution in [-0.4, -0.2) is 0 Å². The maximum atomic E-state index is 3.82. The van der Waals surface area contributed by atoms with E-state index in [0.29, 0.717) is 0 Å². The van der Waals surface area contributed by atoms with Gasteiger partial charge in [0.2, 0.25) is 0 Å². The minimum Gasteiger partial charge on any atom is -0.243 e. The third kappa shape index (κ3) is 1.09. The fourth-order valence-corrected chi connectivity index (χ4v) is 0.718. The van der Waals surface area contributed by atoms with Gasteiger partial charge in [-0.25, -0.2) is 37.1 Å². The normalized spacial score (nSPS) is 19.5. The highest BCUT2D eigenvalue weighted by atomic mass is 14.1. The van der Waals surface area contributed by atoms with Crippen LogP contribution in [-0.2, 0) is 0 Å². The Morgan fingerprint density at radius 1 is 1.00 bits per heavy atom. The second-order valence-corrected chi connectivity index (χ2v) is 2.13. The first kappa shape index (κ1) is 5.36. The van der Waals surface area contributed by atoms with E-state index >= 15 is 0 Å². The van der Waals surface area contributed by atoms with Gasteiger partial charge in [0.15, 0.2) is 0 Å². The molecule has 0 spiro atoms. The number of hydrogen-bond acceptors (Lipinski definition) is 0. The van der Waals surface area contributed by atoms with Gasteiger partial charge >= 0.3 is 0 Å². The summed E-state index contributed by atoms with van der Waals surface area (Å²) in [7, 11) is 0. The van der Waals surface area contributed by atoms with Crippen LogP contribution in [0.25, 0.3) is 0 Å². The van der Waals surface area contributed by atoms with Gasteiger partial charge in [0, 0.05) is 0 Å². The Morgan fingerprint density at radius 3 is 1.62 bits per heavy atom. The standard InChI is InChI=1S/C8H10/c1-7-3-5-8(2)6-4-7/h3,6H,1-2,4-5H2/q-2. The van der Waals surface area contributed by atoms with E-state index in [-0.39, 0.29) is 0 Å². The molecule has 0 nitrogen and oxygen atoms in total. The van der Waals surface area contributed by atoms with Crippen molar-refractivity contribution in [2.45, 2.75) is 12.8 Å². The molecule has 1 aliphatic rings. The Balaban J connectivity index is 2.40. The molecule has 44 valence electrons. The molecule has 0 unspecified atom stereocenters. The molecule has 0 heterocycles. The summed E-state index contributed by atoms with van der Waals surface area (Å²) in [6.07, 6.45) is 6.25. The molecule has 1 saturated carbocycles.